The Bertz CT molecular complexity index is 623. The highest BCUT2D eigenvalue weighted by atomic mass is 79.9. The Morgan fingerprint density at radius 3 is 2.14 bits per heavy atom. The predicted octanol–water partition coefficient (Wildman–Crippen LogP) is 7.14. The second kappa shape index (κ2) is 7.96. The van der Waals surface area contributed by atoms with E-state index < -0.39 is 0 Å². The lowest BCUT2D eigenvalue weighted by Gasteiger charge is -2.31. The van der Waals surface area contributed by atoms with Gasteiger partial charge in [0.05, 0.1) is 0 Å². The molecule has 0 aromatic heterocycles. The van der Waals surface area contributed by atoms with Crippen LogP contribution >= 0.6 is 75.3 Å². The van der Waals surface area contributed by atoms with Gasteiger partial charge in [-0.05, 0) is 41.8 Å². The second-order valence-electron chi connectivity index (χ2n) is 4.97. The fraction of sp³-hybridized carbons (Fsp3) is 0.250. The van der Waals surface area contributed by atoms with Crippen molar-refractivity contribution in [1.29, 1.82) is 0 Å². The number of rotatable bonds is 5. The molecule has 0 saturated heterocycles. The average molecular weight is 560 g/mol. The van der Waals surface area contributed by atoms with Crippen LogP contribution in [-0.4, -0.2) is 10.7 Å². The second-order valence-corrected chi connectivity index (χ2v) is 8.33. The lowest BCUT2D eigenvalue weighted by Crippen LogP contribution is -2.33. The minimum Gasteiger partial charge on any atom is -0.0918 e. The van der Waals surface area contributed by atoms with Crippen LogP contribution in [0.1, 0.15) is 11.1 Å². The smallest absolute Gasteiger partial charge is 0.0449 e. The average Bonchev–Trinajstić information content (AvgIpc) is 2.47. The highest BCUT2D eigenvalue weighted by Gasteiger charge is 2.31. The fourth-order valence-electron chi connectivity index (χ4n) is 2.23. The van der Waals surface area contributed by atoms with Gasteiger partial charge in [0.2, 0.25) is 0 Å². The van der Waals surface area contributed by atoms with Crippen molar-refractivity contribution in [2.24, 2.45) is 0 Å². The minimum absolute atomic E-state index is 0.0404. The standard InChI is InChI=1S/C16H13Br4Cl/c17-9-16(10-18,12-2-1-3-13(19)6-12)8-11-4-5-14(20)7-15(11)21/h1-7H,8-10H2. The van der Waals surface area contributed by atoms with E-state index in [4.69, 9.17) is 11.6 Å². The van der Waals surface area contributed by atoms with E-state index in [0.717, 1.165) is 36.6 Å². The molecule has 0 heterocycles. The van der Waals surface area contributed by atoms with E-state index in [0.29, 0.717) is 0 Å². The molecular weight excluding hydrogens is 547 g/mol. The van der Waals surface area contributed by atoms with Gasteiger partial charge in [-0.2, -0.15) is 0 Å². The number of hydrogen-bond acceptors (Lipinski definition) is 0. The molecule has 2 rings (SSSR count). The molecular formula is C16H13Br4Cl. The summed E-state index contributed by atoms with van der Waals surface area (Å²) in [5.74, 6) is 0. The first-order chi connectivity index (χ1) is 10.0. The van der Waals surface area contributed by atoms with Gasteiger partial charge in [-0.3, -0.25) is 0 Å². The molecule has 0 nitrogen and oxygen atoms in total. The third-order valence-electron chi connectivity index (χ3n) is 3.49. The minimum atomic E-state index is -0.0404. The van der Waals surface area contributed by atoms with Crippen LogP contribution in [0.5, 0.6) is 0 Å². The summed E-state index contributed by atoms with van der Waals surface area (Å²) in [6.07, 6.45) is 0.867. The van der Waals surface area contributed by atoms with Crippen molar-refractivity contribution in [1.82, 2.24) is 0 Å². The largest absolute Gasteiger partial charge is 0.0918 e. The number of hydrogen-bond donors (Lipinski definition) is 0. The van der Waals surface area contributed by atoms with E-state index in [-0.39, 0.29) is 5.41 Å². The van der Waals surface area contributed by atoms with Crippen LogP contribution in [0.15, 0.2) is 51.4 Å². The molecule has 0 aliphatic rings. The van der Waals surface area contributed by atoms with Crippen LogP contribution in [-0.2, 0) is 11.8 Å². The third kappa shape index (κ3) is 4.35. The normalized spacial score (nSPS) is 11.7. The molecule has 2 aromatic carbocycles. The van der Waals surface area contributed by atoms with E-state index in [9.17, 15) is 0 Å². The quantitative estimate of drug-likeness (QED) is 0.342. The molecule has 0 radical (unpaired) electrons. The van der Waals surface area contributed by atoms with Gasteiger partial charge < -0.3 is 0 Å². The summed E-state index contributed by atoms with van der Waals surface area (Å²) in [6.45, 7) is 0. The van der Waals surface area contributed by atoms with Crippen LogP contribution in [0.25, 0.3) is 0 Å². The van der Waals surface area contributed by atoms with Crippen LogP contribution < -0.4 is 0 Å². The summed E-state index contributed by atoms with van der Waals surface area (Å²) in [5.41, 5.74) is 2.39. The van der Waals surface area contributed by atoms with Crippen molar-refractivity contribution in [3.05, 3.63) is 67.6 Å². The molecule has 0 amide bonds. The lowest BCUT2D eigenvalue weighted by molar-refractivity contribution is 0.551. The molecule has 0 atom stereocenters. The van der Waals surface area contributed by atoms with Crippen molar-refractivity contribution in [2.45, 2.75) is 11.8 Å². The topological polar surface area (TPSA) is 0 Å². The number of alkyl halides is 2. The monoisotopic (exact) mass is 556 g/mol. The Hall–Kier alpha value is 0.650. The van der Waals surface area contributed by atoms with Crippen LogP contribution in [0.3, 0.4) is 0 Å². The van der Waals surface area contributed by atoms with Crippen molar-refractivity contribution < 1.29 is 0 Å². The van der Waals surface area contributed by atoms with Crippen molar-refractivity contribution in [3.63, 3.8) is 0 Å². The highest BCUT2D eigenvalue weighted by Crippen LogP contribution is 2.36. The van der Waals surface area contributed by atoms with Gasteiger partial charge in [0.15, 0.2) is 0 Å². The first-order valence-electron chi connectivity index (χ1n) is 6.33. The van der Waals surface area contributed by atoms with Gasteiger partial charge in [0.25, 0.3) is 0 Å². The summed E-state index contributed by atoms with van der Waals surface area (Å²) < 4.78 is 2.09. The van der Waals surface area contributed by atoms with Gasteiger partial charge in [-0.15, -0.1) is 0 Å². The Morgan fingerprint density at radius 1 is 0.905 bits per heavy atom. The van der Waals surface area contributed by atoms with Gasteiger partial charge >= 0.3 is 0 Å². The molecule has 0 aliphatic heterocycles. The van der Waals surface area contributed by atoms with E-state index in [1.807, 2.05) is 18.2 Å². The first-order valence-corrected chi connectivity index (χ1v) is 10.5. The molecule has 0 unspecified atom stereocenters. The Balaban J connectivity index is 2.43. The van der Waals surface area contributed by atoms with Crippen LogP contribution in [0.2, 0.25) is 5.02 Å². The molecule has 0 saturated carbocycles. The van der Waals surface area contributed by atoms with E-state index >= 15 is 0 Å². The van der Waals surface area contributed by atoms with Crippen LogP contribution in [0, 0.1) is 0 Å². The zero-order valence-electron chi connectivity index (χ0n) is 11.1. The van der Waals surface area contributed by atoms with Crippen molar-refractivity contribution in [3.8, 4) is 0 Å². The van der Waals surface area contributed by atoms with Crippen molar-refractivity contribution >= 4 is 75.3 Å². The lowest BCUT2D eigenvalue weighted by atomic mass is 9.79. The summed E-state index contributed by atoms with van der Waals surface area (Å²) in [4.78, 5) is 0. The Labute approximate surface area is 164 Å². The molecule has 0 spiro atoms. The predicted molar refractivity (Wildman–Crippen MR) is 106 cm³/mol. The van der Waals surface area contributed by atoms with Gasteiger partial charge in [0, 0.05) is 30.0 Å². The van der Waals surface area contributed by atoms with E-state index in [2.05, 4.69) is 88.0 Å². The molecule has 112 valence electrons. The molecule has 5 heteroatoms. The molecule has 0 aliphatic carbocycles. The maximum Gasteiger partial charge on any atom is 0.0449 e. The number of benzene rings is 2. The summed E-state index contributed by atoms with van der Waals surface area (Å²) in [5, 5.41) is 2.51. The SMILES string of the molecule is Clc1cc(Br)ccc1CC(CBr)(CBr)c1cccc(Br)c1. The van der Waals surface area contributed by atoms with Crippen LogP contribution in [0.4, 0.5) is 0 Å². The first kappa shape index (κ1) is 18.0. The molecule has 0 bridgehead atoms. The number of halogens is 5. The Kier molecular flexibility index (Phi) is 6.82. The highest BCUT2D eigenvalue weighted by molar-refractivity contribution is 9.11. The molecule has 2 aromatic rings. The maximum atomic E-state index is 6.40. The maximum absolute atomic E-state index is 6.40. The Morgan fingerprint density at radius 2 is 1.57 bits per heavy atom. The molecule has 0 fully saturated rings. The van der Waals surface area contributed by atoms with E-state index in [1.165, 1.54) is 5.56 Å². The van der Waals surface area contributed by atoms with Gasteiger partial charge in [-0.25, -0.2) is 0 Å². The van der Waals surface area contributed by atoms with Gasteiger partial charge in [0.1, 0.15) is 0 Å². The van der Waals surface area contributed by atoms with Gasteiger partial charge in [-0.1, -0.05) is 93.5 Å². The zero-order valence-corrected chi connectivity index (χ0v) is 18.2. The molecule has 21 heavy (non-hydrogen) atoms. The van der Waals surface area contributed by atoms with E-state index in [1.54, 1.807) is 0 Å². The third-order valence-corrected chi connectivity index (χ3v) is 6.98. The fourth-order valence-corrected chi connectivity index (χ4v) is 5.35. The summed E-state index contributed by atoms with van der Waals surface area (Å²) >= 11 is 20.8. The van der Waals surface area contributed by atoms with Crippen molar-refractivity contribution in [2.75, 3.05) is 10.7 Å². The zero-order chi connectivity index (χ0) is 15.5. The summed E-state index contributed by atoms with van der Waals surface area (Å²) in [6, 6.07) is 14.5. The molecule has 0 N–H and O–H groups in total. The summed E-state index contributed by atoms with van der Waals surface area (Å²) in [7, 11) is 0.